The number of hydrogen-bond donors (Lipinski definition) is 4. The van der Waals surface area contributed by atoms with Crippen LogP contribution in [0.3, 0.4) is 0 Å². The first-order valence-corrected chi connectivity index (χ1v) is 7.33. The third kappa shape index (κ3) is 3.92. The fraction of sp³-hybridized carbons (Fsp3) is 0.400. The molecule has 0 bridgehead atoms. The van der Waals surface area contributed by atoms with Crippen LogP contribution in [-0.4, -0.2) is 37.4 Å². The van der Waals surface area contributed by atoms with Crippen molar-refractivity contribution in [1.29, 1.82) is 0 Å². The molecule has 0 saturated heterocycles. The smallest absolute Gasteiger partial charge is 0.242 e. The zero-order valence-electron chi connectivity index (χ0n) is 9.72. The van der Waals surface area contributed by atoms with E-state index in [2.05, 4.69) is 20.7 Å². The summed E-state index contributed by atoms with van der Waals surface area (Å²) in [6.45, 7) is 0.465. The van der Waals surface area contributed by atoms with E-state index < -0.39 is 22.2 Å². The number of sulfonamides is 1. The van der Waals surface area contributed by atoms with E-state index >= 15 is 0 Å². The maximum absolute atomic E-state index is 11.9. The first kappa shape index (κ1) is 15.4. The first-order chi connectivity index (χ1) is 8.18. The van der Waals surface area contributed by atoms with Crippen LogP contribution < -0.4 is 10.5 Å². The van der Waals surface area contributed by atoms with Gasteiger partial charge in [0.25, 0.3) is 0 Å². The van der Waals surface area contributed by atoms with Crippen molar-refractivity contribution >= 4 is 31.6 Å². The molecule has 0 heterocycles. The van der Waals surface area contributed by atoms with Crippen LogP contribution in [0.15, 0.2) is 27.6 Å². The van der Waals surface area contributed by atoms with Gasteiger partial charge >= 0.3 is 0 Å². The van der Waals surface area contributed by atoms with Gasteiger partial charge < -0.3 is 15.9 Å². The molecule has 0 amide bonds. The Morgan fingerprint density at radius 3 is 2.61 bits per heavy atom. The van der Waals surface area contributed by atoms with E-state index in [0.717, 1.165) is 0 Å². The average molecular weight is 339 g/mol. The van der Waals surface area contributed by atoms with Crippen LogP contribution in [-0.2, 0) is 10.0 Å². The molecule has 1 atom stereocenters. The Bertz CT molecular complexity index is 531. The highest BCUT2D eigenvalue weighted by Gasteiger charge is 2.24. The van der Waals surface area contributed by atoms with Gasteiger partial charge in [-0.3, -0.25) is 0 Å². The summed E-state index contributed by atoms with van der Waals surface area (Å²) in [4.78, 5) is -0.0700. The third-order valence-electron chi connectivity index (χ3n) is 2.25. The molecule has 1 aromatic carbocycles. The molecule has 0 aliphatic rings. The highest BCUT2D eigenvalue weighted by Crippen LogP contribution is 2.22. The molecule has 8 heteroatoms. The van der Waals surface area contributed by atoms with Crippen molar-refractivity contribution in [3.8, 4) is 0 Å². The second-order valence-electron chi connectivity index (χ2n) is 4.16. The average Bonchev–Trinajstić information content (AvgIpc) is 2.26. The van der Waals surface area contributed by atoms with E-state index in [1.54, 1.807) is 6.07 Å². The van der Waals surface area contributed by atoms with Crippen molar-refractivity contribution in [3.05, 3.63) is 22.7 Å². The first-order valence-electron chi connectivity index (χ1n) is 5.06. The lowest BCUT2D eigenvalue weighted by Gasteiger charge is -2.20. The minimum absolute atomic E-state index is 0.0700. The normalized spacial score (nSPS) is 15.3. The lowest BCUT2D eigenvalue weighted by Crippen LogP contribution is -2.43. The Labute approximate surface area is 114 Å². The number of benzene rings is 1. The van der Waals surface area contributed by atoms with Crippen LogP contribution in [0.5, 0.6) is 0 Å². The molecule has 18 heavy (non-hydrogen) atoms. The van der Waals surface area contributed by atoms with Gasteiger partial charge in [-0.05, 0) is 25.1 Å². The summed E-state index contributed by atoms with van der Waals surface area (Å²) < 4.78 is 26.7. The molecule has 0 saturated carbocycles. The highest BCUT2D eigenvalue weighted by molar-refractivity contribution is 9.10. The number of halogens is 1. The Hall–Kier alpha value is -0.670. The molecule has 0 aliphatic heterocycles. The van der Waals surface area contributed by atoms with Gasteiger partial charge in [0.2, 0.25) is 10.0 Å². The van der Waals surface area contributed by atoms with E-state index in [1.807, 2.05) is 0 Å². The van der Waals surface area contributed by atoms with Crippen molar-refractivity contribution < 1.29 is 18.6 Å². The quantitative estimate of drug-likeness (QED) is 0.567. The summed E-state index contributed by atoms with van der Waals surface area (Å²) >= 11 is 3.18. The van der Waals surface area contributed by atoms with E-state index in [0.29, 0.717) is 4.47 Å². The van der Waals surface area contributed by atoms with Gasteiger partial charge in [0.15, 0.2) is 0 Å². The molecular formula is C10H15BrN2O4S. The lowest BCUT2D eigenvalue weighted by atomic mass is 10.1. The van der Waals surface area contributed by atoms with E-state index in [1.165, 1.54) is 19.1 Å². The second-order valence-corrected chi connectivity index (χ2v) is 6.81. The number of anilines is 1. The topological polar surface area (TPSA) is 113 Å². The Kier molecular flexibility index (Phi) is 4.73. The van der Waals surface area contributed by atoms with Crippen LogP contribution in [0.25, 0.3) is 0 Å². The molecule has 1 rings (SSSR count). The Morgan fingerprint density at radius 1 is 1.50 bits per heavy atom. The summed E-state index contributed by atoms with van der Waals surface area (Å²) in [7, 11) is -3.82. The van der Waals surface area contributed by atoms with Crippen LogP contribution >= 0.6 is 15.9 Å². The molecular weight excluding hydrogens is 324 g/mol. The monoisotopic (exact) mass is 338 g/mol. The predicted molar refractivity (Wildman–Crippen MR) is 71.5 cm³/mol. The minimum atomic E-state index is -3.82. The van der Waals surface area contributed by atoms with E-state index in [-0.39, 0.29) is 17.1 Å². The van der Waals surface area contributed by atoms with Gasteiger partial charge in [-0.25, -0.2) is 13.1 Å². The summed E-state index contributed by atoms with van der Waals surface area (Å²) in [6, 6.07) is 4.38. The summed E-state index contributed by atoms with van der Waals surface area (Å²) in [6.07, 6.45) is 0. The van der Waals surface area contributed by atoms with Crippen LogP contribution in [0.1, 0.15) is 6.92 Å². The van der Waals surface area contributed by atoms with Gasteiger partial charge in [0, 0.05) is 11.0 Å². The zero-order chi connectivity index (χ0) is 14.0. The van der Waals surface area contributed by atoms with Gasteiger partial charge in [-0.15, -0.1) is 0 Å². The minimum Gasteiger partial charge on any atom is -0.398 e. The van der Waals surface area contributed by atoms with Gasteiger partial charge in [-0.1, -0.05) is 15.9 Å². The Balaban J connectivity index is 2.94. The SMILES string of the molecule is CC(O)(CO)CNS(=O)(=O)c1ccc(Br)cc1N. The zero-order valence-corrected chi connectivity index (χ0v) is 12.1. The van der Waals surface area contributed by atoms with Crippen molar-refractivity contribution in [2.45, 2.75) is 17.4 Å². The standard InChI is InChI=1S/C10H15BrN2O4S/c1-10(15,6-14)5-13-18(16,17)9-3-2-7(11)4-8(9)12/h2-4,13-15H,5-6,12H2,1H3. The van der Waals surface area contributed by atoms with Gasteiger partial charge in [-0.2, -0.15) is 0 Å². The van der Waals surface area contributed by atoms with Crippen LogP contribution in [0.2, 0.25) is 0 Å². The van der Waals surface area contributed by atoms with Gasteiger partial charge in [0.05, 0.1) is 17.9 Å². The number of aliphatic hydroxyl groups is 2. The fourth-order valence-corrected chi connectivity index (χ4v) is 2.80. The third-order valence-corrected chi connectivity index (χ3v) is 4.21. The second kappa shape index (κ2) is 5.54. The van der Waals surface area contributed by atoms with Crippen LogP contribution in [0.4, 0.5) is 5.69 Å². The number of nitrogen functional groups attached to an aromatic ring is 1. The predicted octanol–water partition coefficient (Wildman–Crippen LogP) is 0.0529. The summed E-state index contributed by atoms with van der Waals surface area (Å²) in [5.74, 6) is 0. The molecule has 0 spiro atoms. The molecule has 0 aromatic heterocycles. The molecule has 0 fully saturated rings. The van der Waals surface area contributed by atoms with Crippen molar-refractivity contribution in [3.63, 3.8) is 0 Å². The van der Waals surface area contributed by atoms with E-state index in [4.69, 9.17) is 10.8 Å². The molecule has 1 unspecified atom stereocenters. The van der Waals surface area contributed by atoms with Crippen molar-refractivity contribution in [1.82, 2.24) is 4.72 Å². The molecule has 5 N–H and O–H groups in total. The number of nitrogens with two attached hydrogens (primary N) is 1. The number of nitrogens with one attached hydrogen (secondary N) is 1. The number of aliphatic hydroxyl groups excluding tert-OH is 1. The summed E-state index contributed by atoms with van der Waals surface area (Å²) in [5.41, 5.74) is 4.20. The molecule has 0 aliphatic carbocycles. The largest absolute Gasteiger partial charge is 0.398 e. The molecule has 0 radical (unpaired) electrons. The van der Waals surface area contributed by atoms with Gasteiger partial charge in [0.1, 0.15) is 4.90 Å². The lowest BCUT2D eigenvalue weighted by molar-refractivity contribution is 0.00681. The highest BCUT2D eigenvalue weighted by atomic mass is 79.9. The number of hydrogen-bond acceptors (Lipinski definition) is 5. The van der Waals surface area contributed by atoms with Crippen molar-refractivity contribution in [2.24, 2.45) is 0 Å². The van der Waals surface area contributed by atoms with Crippen molar-refractivity contribution in [2.75, 3.05) is 18.9 Å². The molecule has 102 valence electrons. The molecule has 6 nitrogen and oxygen atoms in total. The molecule has 1 aromatic rings. The van der Waals surface area contributed by atoms with E-state index in [9.17, 15) is 13.5 Å². The van der Waals surface area contributed by atoms with Crippen LogP contribution in [0, 0.1) is 0 Å². The maximum Gasteiger partial charge on any atom is 0.242 e. The summed E-state index contributed by atoms with van der Waals surface area (Å²) in [5, 5.41) is 18.4. The number of rotatable bonds is 5. The Morgan fingerprint density at radius 2 is 2.11 bits per heavy atom. The maximum atomic E-state index is 11.9. The fourth-order valence-electron chi connectivity index (χ4n) is 1.15.